The van der Waals surface area contributed by atoms with Gasteiger partial charge in [0.15, 0.2) is 0 Å². The number of para-hydroxylation sites is 1. The average molecular weight is 207 g/mol. The fourth-order valence-corrected chi connectivity index (χ4v) is 1.84. The number of rotatable bonds is 3. The molecule has 0 spiro atoms. The lowest BCUT2D eigenvalue weighted by molar-refractivity contribution is 0.0738. The Bertz CT molecular complexity index is 327. The SMILES string of the molecule is CCCNC1COc2ccccc2C1O. The second-order valence-corrected chi connectivity index (χ2v) is 3.85. The molecule has 0 saturated heterocycles. The van der Waals surface area contributed by atoms with Gasteiger partial charge in [0, 0.05) is 5.56 Å². The first-order valence-corrected chi connectivity index (χ1v) is 5.46. The molecule has 2 unspecified atom stereocenters. The van der Waals surface area contributed by atoms with Crippen LogP contribution in [-0.4, -0.2) is 24.3 Å². The summed E-state index contributed by atoms with van der Waals surface area (Å²) in [6.45, 7) is 3.56. The van der Waals surface area contributed by atoms with Gasteiger partial charge in [-0.05, 0) is 19.0 Å². The maximum atomic E-state index is 10.1. The van der Waals surface area contributed by atoms with Crippen molar-refractivity contribution < 1.29 is 9.84 Å². The lowest BCUT2D eigenvalue weighted by atomic mass is 9.99. The molecule has 0 amide bonds. The molecule has 0 aromatic heterocycles. The largest absolute Gasteiger partial charge is 0.491 e. The van der Waals surface area contributed by atoms with E-state index in [-0.39, 0.29) is 6.04 Å². The molecule has 82 valence electrons. The standard InChI is InChI=1S/C12H17NO2/c1-2-7-13-10-8-15-11-6-4-3-5-9(11)12(10)14/h3-6,10,12-14H,2,7-8H2,1H3. The first kappa shape index (κ1) is 10.5. The van der Waals surface area contributed by atoms with E-state index in [1.54, 1.807) is 0 Å². The van der Waals surface area contributed by atoms with Crippen LogP contribution in [0.1, 0.15) is 25.0 Å². The Morgan fingerprint density at radius 1 is 1.47 bits per heavy atom. The Labute approximate surface area is 90.1 Å². The van der Waals surface area contributed by atoms with Gasteiger partial charge in [0.25, 0.3) is 0 Å². The molecule has 0 bridgehead atoms. The van der Waals surface area contributed by atoms with Gasteiger partial charge in [0.2, 0.25) is 0 Å². The summed E-state index contributed by atoms with van der Waals surface area (Å²) < 4.78 is 5.58. The molecular formula is C12H17NO2. The second-order valence-electron chi connectivity index (χ2n) is 3.85. The van der Waals surface area contributed by atoms with Crippen molar-refractivity contribution in [1.82, 2.24) is 5.32 Å². The minimum Gasteiger partial charge on any atom is -0.491 e. The van der Waals surface area contributed by atoms with E-state index in [9.17, 15) is 5.11 Å². The third-order valence-electron chi connectivity index (χ3n) is 2.69. The van der Waals surface area contributed by atoms with Crippen LogP contribution in [0, 0.1) is 0 Å². The summed E-state index contributed by atoms with van der Waals surface area (Å²) in [6.07, 6.45) is 0.603. The van der Waals surface area contributed by atoms with E-state index in [1.807, 2.05) is 24.3 Å². The van der Waals surface area contributed by atoms with Crippen LogP contribution in [0.4, 0.5) is 0 Å². The van der Waals surface area contributed by atoms with Gasteiger partial charge in [-0.15, -0.1) is 0 Å². The van der Waals surface area contributed by atoms with Crippen molar-refractivity contribution in [2.45, 2.75) is 25.5 Å². The Balaban J connectivity index is 2.11. The molecule has 0 aliphatic carbocycles. The summed E-state index contributed by atoms with van der Waals surface area (Å²) in [5.41, 5.74) is 0.886. The molecule has 1 aromatic carbocycles. The van der Waals surface area contributed by atoms with Gasteiger partial charge in [-0.2, -0.15) is 0 Å². The summed E-state index contributed by atoms with van der Waals surface area (Å²) in [5, 5.41) is 13.4. The average Bonchev–Trinajstić information content (AvgIpc) is 2.29. The first-order valence-electron chi connectivity index (χ1n) is 5.46. The van der Waals surface area contributed by atoms with Crippen LogP contribution < -0.4 is 10.1 Å². The zero-order valence-electron chi connectivity index (χ0n) is 8.94. The number of aliphatic hydroxyl groups excluding tert-OH is 1. The quantitative estimate of drug-likeness (QED) is 0.789. The van der Waals surface area contributed by atoms with Crippen LogP contribution in [0.25, 0.3) is 0 Å². The normalized spacial score (nSPS) is 24.4. The third-order valence-corrected chi connectivity index (χ3v) is 2.69. The van der Waals surface area contributed by atoms with Crippen molar-refractivity contribution in [3.63, 3.8) is 0 Å². The molecule has 2 atom stereocenters. The Morgan fingerprint density at radius 2 is 2.27 bits per heavy atom. The van der Waals surface area contributed by atoms with Crippen LogP contribution in [0.2, 0.25) is 0 Å². The highest BCUT2D eigenvalue weighted by molar-refractivity contribution is 5.37. The minimum atomic E-state index is -0.457. The fourth-order valence-electron chi connectivity index (χ4n) is 1.84. The van der Waals surface area contributed by atoms with E-state index in [1.165, 1.54) is 0 Å². The van der Waals surface area contributed by atoms with Crippen molar-refractivity contribution in [2.24, 2.45) is 0 Å². The van der Waals surface area contributed by atoms with Gasteiger partial charge in [0.05, 0.1) is 6.04 Å². The van der Waals surface area contributed by atoms with Gasteiger partial charge in [-0.3, -0.25) is 0 Å². The fraction of sp³-hybridized carbons (Fsp3) is 0.500. The zero-order valence-corrected chi connectivity index (χ0v) is 8.94. The summed E-state index contributed by atoms with van der Waals surface area (Å²) in [4.78, 5) is 0. The monoisotopic (exact) mass is 207 g/mol. The zero-order chi connectivity index (χ0) is 10.7. The maximum Gasteiger partial charge on any atom is 0.125 e. The summed E-state index contributed by atoms with van der Waals surface area (Å²) in [6, 6.07) is 7.67. The highest BCUT2D eigenvalue weighted by Gasteiger charge is 2.28. The van der Waals surface area contributed by atoms with Crippen molar-refractivity contribution in [3.05, 3.63) is 29.8 Å². The van der Waals surface area contributed by atoms with Gasteiger partial charge in [-0.25, -0.2) is 0 Å². The molecule has 0 saturated carbocycles. The topological polar surface area (TPSA) is 41.5 Å². The number of hydrogen-bond acceptors (Lipinski definition) is 3. The van der Waals surface area contributed by atoms with Crippen molar-refractivity contribution in [2.75, 3.05) is 13.2 Å². The molecule has 2 rings (SSSR count). The van der Waals surface area contributed by atoms with Crippen LogP contribution >= 0.6 is 0 Å². The molecule has 0 radical (unpaired) electrons. The highest BCUT2D eigenvalue weighted by Crippen LogP contribution is 2.31. The van der Waals surface area contributed by atoms with Gasteiger partial charge >= 0.3 is 0 Å². The highest BCUT2D eigenvalue weighted by atomic mass is 16.5. The molecule has 2 N–H and O–H groups in total. The number of aliphatic hydroxyl groups is 1. The molecule has 1 aliphatic rings. The van der Waals surface area contributed by atoms with E-state index in [0.717, 1.165) is 24.3 Å². The number of nitrogens with one attached hydrogen (secondary N) is 1. The first-order chi connectivity index (χ1) is 7.33. The van der Waals surface area contributed by atoms with Crippen molar-refractivity contribution in [3.8, 4) is 5.75 Å². The van der Waals surface area contributed by atoms with Crippen LogP contribution in [0.5, 0.6) is 5.75 Å². The number of benzene rings is 1. The van der Waals surface area contributed by atoms with E-state index >= 15 is 0 Å². The molecule has 1 aliphatic heterocycles. The Kier molecular flexibility index (Phi) is 3.23. The third kappa shape index (κ3) is 2.13. The second kappa shape index (κ2) is 4.64. The molecule has 1 heterocycles. The summed E-state index contributed by atoms with van der Waals surface area (Å²) in [5.74, 6) is 0.805. The molecule has 0 fully saturated rings. The van der Waals surface area contributed by atoms with E-state index in [4.69, 9.17) is 4.74 Å². The van der Waals surface area contributed by atoms with Crippen LogP contribution in [0.15, 0.2) is 24.3 Å². The maximum absolute atomic E-state index is 10.1. The molecule has 3 heteroatoms. The number of fused-ring (bicyclic) bond motifs is 1. The van der Waals surface area contributed by atoms with Crippen molar-refractivity contribution in [1.29, 1.82) is 0 Å². The lowest BCUT2D eigenvalue weighted by Crippen LogP contribution is -2.42. The number of hydrogen-bond donors (Lipinski definition) is 2. The molecular weight excluding hydrogens is 190 g/mol. The molecule has 1 aromatic rings. The Hall–Kier alpha value is -1.06. The predicted molar refractivity (Wildman–Crippen MR) is 59.0 cm³/mol. The van der Waals surface area contributed by atoms with E-state index < -0.39 is 6.10 Å². The van der Waals surface area contributed by atoms with Crippen LogP contribution in [0.3, 0.4) is 0 Å². The smallest absolute Gasteiger partial charge is 0.125 e. The summed E-state index contributed by atoms with van der Waals surface area (Å²) in [7, 11) is 0. The molecule has 3 nitrogen and oxygen atoms in total. The Morgan fingerprint density at radius 3 is 3.07 bits per heavy atom. The minimum absolute atomic E-state index is 0.0137. The van der Waals surface area contributed by atoms with E-state index in [2.05, 4.69) is 12.2 Å². The lowest BCUT2D eigenvalue weighted by Gasteiger charge is -2.30. The van der Waals surface area contributed by atoms with Crippen molar-refractivity contribution >= 4 is 0 Å². The predicted octanol–water partition coefficient (Wildman–Crippen LogP) is 1.48. The van der Waals surface area contributed by atoms with Gasteiger partial charge in [0.1, 0.15) is 18.5 Å². The summed E-state index contributed by atoms with van der Waals surface area (Å²) >= 11 is 0. The van der Waals surface area contributed by atoms with E-state index in [0.29, 0.717) is 6.61 Å². The molecule has 15 heavy (non-hydrogen) atoms. The van der Waals surface area contributed by atoms with Crippen LogP contribution in [-0.2, 0) is 0 Å². The number of ether oxygens (including phenoxy) is 1. The van der Waals surface area contributed by atoms with Gasteiger partial charge < -0.3 is 15.2 Å². The van der Waals surface area contributed by atoms with Gasteiger partial charge in [-0.1, -0.05) is 25.1 Å².